The second kappa shape index (κ2) is 5.65. The molecular formula is C21H18N2O5. The maximum Gasteiger partial charge on any atom is 0.343 e. The van der Waals surface area contributed by atoms with E-state index in [1.165, 1.54) is 0 Å². The first-order valence-corrected chi connectivity index (χ1v) is 9.12. The number of para-hydroxylation sites is 1. The summed E-state index contributed by atoms with van der Waals surface area (Å²) in [5.74, 6) is -0.0473. The van der Waals surface area contributed by atoms with E-state index in [0.717, 1.165) is 16.5 Å². The minimum absolute atomic E-state index is 0.114. The molecule has 0 saturated heterocycles. The van der Waals surface area contributed by atoms with Crippen molar-refractivity contribution in [1.29, 1.82) is 0 Å². The van der Waals surface area contributed by atoms with Crippen molar-refractivity contribution in [1.82, 2.24) is 9.55 Å². The standard InChI is InChI=1S/C21H18N2O5/c1-3-21(26)14-8-16-17-12(9-23(16)19(24)13(14)10-28-20(21)25)18(27-2)11-6-4-5-7-15(11)22-17/h4-8,26H,3,9-10H2,1-2H3/t21-/m1/s1. The van der Waals surface area contributed by atoms with Gasteiger partial charge in [-0.15, -0.1) is 0 Å². The van der Waals surface area contributed by atoms with Crippen LogP contribution < -0.4 is 10.3 Å². The number of nitrogens with zero attached hydrogens (tertiary/aromatic N) is 2. The SMILES string of the molecule is CC[C@]1(O)C(=O)OCc2c1cc1n(c2=O)Cc2c-1nc1ccccc1c2OC. The number of pyridine rings is 2. The van der Waals surface area contributed by atoms with Gasteiger partial charge in [0.2, 0.25) is 0 Å². The lowest BCUT2D eigenvalue weighted by Crippen LogP contribution is -2.44. The maximum absolute atomic E-state index is 13.2. The third-order valence-corrected chi connectivity index (χ3v) is 5.75. The fraction of sp³-hybridized carbons (Fsp3) is 0.286. The summed E-state index contributed by atoms with van der Waals surface area (Å²) in [6.45, 7) is 1.86. The number of aromatic nitrogens is 2. The van der Waals surface area contributed by atoms with E-state index in [1.54, 1.807) is 24.7 Å². The van der Waals surface area contributed by atoms with Gasteiger partial charge in [-0.2, -0.15) is 0 Å². The van der Waals surface area contributed by atoms with Crippen LogP contribution in [0, 0.1) is 0 Å². The van der Waals surface area contributed by atoms with Gasteiger partial charge in [0.05, 0.1) is 36.1 Å². The second-order valence-electron chi connectivity index (χ2n) is 7.09. The molecule has 1 aromatic carbocycles. The Hall–Kier alpha value is -3.19. The molecule has 0 bridgehead atoms. The second-order valence-corrected chi connectivity index (χ2v) is 7.09. The lowest BCUT2D eigenvalue weighted by Gasteiger charge is -2.31. The summed E-state index contributed by atoms with van der Waals surface area (Å²) in [6, 6.07) is 9.32. The molecule has 5 rings (SSSR count). The highest BCUT2D eigenvalue weighted by atomic mass is 16.6. The normalized spacial score (nSPS) is 19.8. The largest absolute Gasteiger partial charge is 0.496 e. The molecule has 7 nitrogen and oxygen atoms in total. The highest BCUT2D eigenvalue weighted by Gasteiger charge is 2.45. The molecule has 2 aliphatic rings. The van der Waals surface area contributed by atoms with Gasteiger partial charge in [-0.25, -0.2) is 9.78 Å². The molecule has 142 valence electrons. The molecule has 0 unspecified atom stereocenters. The Labute approximate surface area is 160 Å². The lowest BCUT2D eigenvalue weighted by molar-refractivity contribution is -0.172. The Morgan fingerprint density at radius 2 is 2.07 bits per heavy atom. The Kier molecular flexibility index (Phi) is 3.42. The van der Waals surface area contributed by atoms with E-state index in [-0.39, 0.29) is 18.6 Å². The number of esters is 1. The molecule has 0 fully saturated rings. The predicted octanol–water partition coefficient (Wildman–Crippen LogP) is 2.09. The number of cyclic esters (lactones) is 1. The molecule has 0 spiro atoms. The van der Waals surface area contributed by atoms with Gasteiger partial charge >= 0.3 is 5.97 Å². The molecule has 4 heterocycles. The fourth-order valence-electron chi connectivity index (χ4n) is 4.22. The monoisotopic (exact) mass is 378 g/mol. The highest BCUT2D eigenvalue weighted by Crippen LogP contribution is 2.42. The van der Waals surface area contributed by atoms with E-state index in [1.807, 2.05) is 24.3 Å². The maximum atomic E-state index is 13.2. The molecule has 0 saturated carbocycles. The van der Waals surface area contributed by atoms with E-state index in [0.29, 0.717) is 34.8 Å². The van der Waals surface area contributed by atoms with Crippen molar-refractivity contribution in [2.45, 2.75) is 32.1 Å². The number of carbonyl (C=O) groups excluding carboxylic acids is 1. The number of hydrogen-bond donors (Lipinski definition) is 1. The number of hydrogen-bond acceptors (Lipinski definition) is 6. The molecule has 0 radical (unpaired) electrons. The summed E-state index contributed by atoms with van der Waals surface area (Å²) in [5.41, 5.74) is 1.28. The van der Waals surface area contributed by atoms with Gasteiger partial charge in [0.1, 0.15) is 12.4 Å². The van der Waals surface area contributed by atoms with Crippen LogP contribution in [-0.2, 0) is 28.3 Å². The highest BCUT2D eigenvalue weighted by molar-refractivity contribution is 5.91. The van der Waals surface area contributed by atoms with Crippen LogP contribution >= 0.6 is 0 Å². The van der Waals surface area contributed by atoms with Crippen LogP contribution in [0.5, 0.6) is 5.75 Å². The molecule has 1 N–H and O–H groups in total. The van der Waals surface area contributed by atoms with Crippen molar-refractivity contribution in [3.63, 3.8) is 0 Å². The molecule has 0 amide bonds. The van der Waals surface area contributed by atoms with Crippen LogP contribution in [0.2, 0.25) is 0 Å². The van der Waals surface area contributed by atoms with Crippen molar-refractivity contribution in [2.24, 2.45) is 0 Å². The third kappa shape index (κ3) is 1.99. The van der Waals surface area contributed by atoms with Crippen molar-refractivity contribution < 1.29 is 19.4 Å². The quantitative estimate of drug-likeness (QED) is 0.537. The summed E-state index contributed by atoms with van der Waals surface area (Å²) < 4.78 is 12.4. The van der Waals surface area contributed by atoms with Gasteiger partial charge in [0.25, 0.3) is 5.56 Å². The summed E-state index contributed by atoms with van der Waals surface area (Å²) in [4.78, 5) is 30.1. The van der Waals surface area contributed by atoms with Crippen molar-refractivity contribution >= 4 is 16.9 Å². The zero-order valence-electron chi connectivity index (χ0n) is 15.5. The number of carbonyl (C=O) groups is 1. The zero-order valence-corrected chi connectivity index (χ0v) is 15.5. The third-order valence-electron chi connectivity index (χ3n) is 5.75. The number of benzene rings is 1. The summed E-state index contributed by atoms with van der Waals surface area (Å²) >= 11 is 0. The van der Waals surface area contributed by atoms with Crippen LogP contribution in [0.3, 0.4) is 0 Å². The Bertz CT molecular complexity index is 1230. The molecular weight excluding hydrogens is 360 g/mol. The number of rotatable bonds is 2. The number of ether oxygens (including phenoxy) is 2. The molecule has 3 aromatic rings. The Balaban J connectivity index is 1.84. The lowest BCUT2D eigenvalue weighted by atomic mass is 9.86. The fourth-order valence-corrected chi connectivity index (χ4v) is 4.22. The Morgan fingerprint density at radius 1 is 1.29 bits per heavy atom. The van der Waals surface area contributed by atoms with E-state index in [2.05, 4.69) is 0 Å². The van der Waals surface area contributed by atoms with Crippen LogP contribution in [0.4, 0.5) is 0 Å². The first-order valence-electron chi connectivity index (χ1n) is 9.12. The first-order chi connectivity index (χ1) is 13.5. The predicted molar refractivity (Wildman–Crippen MR) is 101 cm³/mol. The van der Waals surface area contributed by atoms with Crippen LogP contribution in [0.25, 0.3) is 22.3 Å². The number of fused-ring (bicyclic) bond motifs is 5. The first kappa shape index (κ1) is 16.9. The van der Waals surface area contributed by atoms with Crippen LogP contribution in [0.1, 0.15) is 30.0 Å². The smallest absolute Gasteiger partial charge is 0.343 e. The van der Waals surface area contributed by atoms with Crippen molar-refractivity contribution in [3.8, 4) is 17.1 Å². The molecule has 0 aliphatic carbocycles. The van der Waals surface area contributed by atoms with E-state index < -0.39 is 11.6 Å². The molecule has 28 heavy (non-hydrogen) atoms. The molecule has 2 aliphatic heterocycles. The van der Waals surface area contributed by atoms with E-state index >= 15 is 0 Å². The van der Waals surface area contributed by atoms with Gasteiger partial charge < -0.3 is 19.1 Å². The summed E-state index contributed by atoms with van der Waals surface area (Å²) in [7, 11) is 1.60. The topological polar surface area (TPSA) is 90.7 Å². The number of aliphatic hydroxyl groups is 1. The summed E-state index contributed by atoms with van der Waals surface area (Å²) in [6.07, 6.45) is 0.114. The number of methoxy groups -OCH3 is 1. The minimum Gasteiger partial charge on any atom is -0.496 e. The minimum atomic E-state index is -1.83. The Morgan fingerprint density at radius 3 is 2.82 bits per heavy atom. The molecule has 2 aromatic heterocycles. The zero-order chi connectivity index (χ0) is 19.6. The summed E-state index contributed by atoms with van der Waals surface area (Å²) in [5, 5.41) is 11.8. The van der Waals surface area contributed by atoms with E-state index in [9.17, 15) is 14.7 Å². The van der Waals surface area contributed by atoms with E-state index in [4.69, 9.17) is 14.5 Å². The van der Waals surface area contributed by atoms with Gasteiger partial charge in [0, 0.05) is 16.5 Å². The van der Waals surface area contributed by atoms with Crippen LogP contribution in [0.15, 0.2) is 35.1 Å². The van der Waals surface area contributed by atoms with Crippen molar-refractivity contribution in [2.75, 3.05) is 7.11 Å². The van der Waals surface area contributed by atoms with Gasteiger partial charge in [-0.05, 0) is 24.6 Å². The van der Waals surface area contributed by atoms with Gasteiger partial charge in [-0.3, -0.25) is 4.79 Å². The molecule has 1 atom stereocenters. The van der Waals surface area contributed by atoms with Gasteiger partial charge in [-0.1, -0.05) is 19.1 Å². The average molecular weight is 378 g/mol. The van der Waals surface area contributed by atoms with Crippen LogP contribution in [-0.4, -0.2) is 27.7 Å². The molecule has 7 heteroatoms. The van der Waals surface area contributed by atoms with Crippen molar-refractivity contribution in [3.05, 3.63) is 57.4 Å². The average Bonchev–Trinajstić information content (AvgIpc) is 3.08. The van der Waals surface area contributed by atoms with Gasteiger partial charge in [0.15, 0.2) is 5.60 Å².